The molecule has 2 saturated carbocycles. The van der Waals surface area contributed by atoms with E-state index in [1.165, 1.54) is 23.8 Å². The average Bonchev–Trinajstić information content (AvgIpc) is 4.06. The second kappa shape index (κ2) is 21.5. The maximum absolute atomic E-state index is 15.4. The lowest BCUT2D eigenvalue weighted by Crippen LogP contribution is -2.58. The van der Waals surface area contributed by atoms with Gasteiger partial charge in [-0.05, 0) is 140 Å². The molecule has 8 atom stereocenters. The molecule has 3 aliphatic carbocycles. The number of ether oxygens (including phenoxy) is 4. The van der Waals surface area contributed by atoms with Crippen LogP contribution in [0.3, 0.4) is 0 Å². The molecule has 4 heterocycles. The largest absolute Gasteiger partial charge is 0.483 e. The quantitative estimate of drug-likeness (QED) is 0.0500. The van der Waals surface area contributed by atoms with Crippen LogP contribution < -0.4 is 10.4 Å². The minimum Gasteiger partial charge on any atom is -0.483 e. The first-order valence-corrected chi connectivity index (χ1v) is 26.6. The molecule has 11 rings (SSSR count). The molecule has 0 amide bonds. The lowest BCUT2D eigenvalue weighted by molar-refractivity contribution is -0.199. The van der Waals surface area contributed by atoms with E-state index in [2.05, 4.69) is 84.9 Å². The zero-order valence-electron chi connectivity index (χ0n) is 42.5. The fourth-order valence-corrected chi connectivity index (χ4v) is 13.5. The van der Waals surface area contributed by atoms with Gasteiger partial charge in [0.2, 0.25) is 0 Å². The number of esters is 2. The highest BCUT2D eigenvalue weighted by Gasteiger charge is 2.60. The second-order valence-electron chi connectivity index (χ2n) is 21.9. The van der Waals surface area contributed by atoms with Crippen molar-refractivity contribution >= 4 is 22.9 Å². The fourth-order valence-electron chi connectivity index (χ4n) is 13.5. The van der Waals surface area contributed by atoms with Crippen LogP contribution in [0.4, 0.5) is 0 Å². The maximum atomic E-state index is 15.4. The van der Waals surface area contributed by atoms with Crippen molar-refractivity contribution in [2.45, 2.75) is 139 Å². The third kappa shape index (κ3) is 10.1. The normalized spacial score (nSPS) is 26.9. The molecule has 6 aliphatic rings. The number of aliphatic hydroxyl groups excluding tert-OH is 3. The van der Waals surface area contributed by atoms with Crippen molar-refractivity contribution in [3.8, 4) is 5.75 Å². The summed E-state index contributed by atoms with van der Waals surface area (Å²) in [6, 6.07) is 31.1. The van der Waals surface area contributed by atoms with Crippen LogP contribution in [-0.4, -0.2) is 65.9 Å². The molecular weight excluding hydrogens is 921 g/mol. The lowest BCUT2D eigenvalue weighted by Gasteiger charge is -2.48. The van der Waals surface area contributed by atoms with Crippen LogP contribution >= 0.6 is 0 Å². The SMILES string of the molecule is COCC(CCO)c1c(CO)c2ccc3c(c2oc1=O)C1OC(=O)CC2CC(c4cccc(Cc5ccccc5)c4)C=CC2c2ccc(cc2)CCC(=C(C)CO)C(=O)OC1C(C)(C1CCC2(CCCC2)C1)O3. The van der Waals surface area contributed by atoms with Crippen LogP contribution in [0.25, 0.3) is 11.0 Å². The summed E-state index contributed by atoms with van der Waals surface area (Å²) in [5.74, 6) is -1.79. The van der Waals surface area contributed by atoms with E-state index in [1.807, 2.05) is 13.0 Å². The van der Waals surface area contributed by atoms with E-state index in [1.54, 1.807) is 19.1 Å². The van der Waals surface area contributed by atoms with E-state index in [9.17, 15) is 20.1 Å². The molecule has 4 aromatic carbocycles. The smallest absolute Gasteiger partial charge is 0.340 e. The van der Waals surface area contributed by atoms with Crippen LogP contribution in [0.1, 0.15) is 153 Å². The summed E-state index contributed by atoms with van der Waals surface area (Å²) in [6.07, 6.45) is 11.7. The second-order valence-corrected chi connectivity index (χ2v) is 21.9. The number of hydrogen-bond donors (Lipinski definition) is 3. The number of carbonyl (C=O) groups is 2. The zero-order chi connectivity index (χ0) is 50.9. The fraction of sp³-hybridized carbons (Fsp3) is 0.468. The first-order chi connectivity index (χ1) is 35.4. The van der Waals surface area contributed by atoms with Gasteiger partial charge in [-0.25, -0.2) is 9.59 Å². The van der Waals surface area contributed by atoms with Crippen molar-refractivity contribution in [1.29, 1.82) is 0 Å². The first kappa shape index (κ1) is 50.7. The van der Waals surface area contributed by atoms with Gasteiger partial charge in [0, 0.05) is 60.3 Å². The van der Waals surface area contributed by atoms with Crippen LogP contribution in [-0.2, 0) is 43.2 Å². The molecule has 3 N–H and O–H groups in total. The predicted octanol–water partition coefficient (Wildman–Crippen LogP) is 10.8. The van der Waals surface area contributed by atoms with Gasteiger partial charge in [-0.1, -0.05) is 104 Å². The molecular formula is C62H70O11. The molecule has 1 spiro atoms. The van der Waals surface area contributed by atoms with Crippen LogP contribution in [0.2, 0.25) is 0 Å². The number of benzene rings is 4. The van der Waals surface area contributed by atoms with Crippen molar-refractivity contribution in [1.82, 2.24) is 0 Å². The lowest BCUT2D eigenvalue weighted by atomic mass is 9.72. The van der Waals surface area contributed by atoms with Gasteiger partial charge in [0.15, 0.2) is 12.2 Å². The molecule has 2 bridgehead atoms. The standard InChI is InChI=1S/C62H70O11/c1-38(35-64)48-20-16-39-14-17-42(18-15-39)49-21-19-44(43-13-9-12-41(31-43)30-40-10-5-4-6-11-40)32-46(49)33-53(66)70-57-55-52(23-22-50-51(36-65)54(60(68)71-56(50)55)45(25-29-63)37-69-3)73-61(2,58(57)72-59(48)67)47-24-28-62(34-47)26-7-8-27-62/h4-6,9-15,17-19,21-23,31,44-47,49,57-58,63-65H,7-8,16,20,24-30,32-37H2,1-3H3. The van der Waals surface area contributed by atoms with Gasteiger partial charge in [-0.2, -0.15) is 0 Å². The summed E-state index contributed by atoms with van der Waals surface area (Å²) < 4.78 is 32.9. The molecule has 1 aromatic heterocycles. The van der Waals surface area contributed by atoms with Crippen LogP contribution in [0, 0.1) is 17.3 Å². The highest BCUT2D eigenvalue weighted by molar-refractivity contribution is 5.90. The van der Waals surface area contributed by atoms with Gasteiger partial charge >= 0.3 is 17.6 Å². The van der Waals surface area contributed by atoms with Crippen molar-refractivity contribution in [2.24, 2.45) is 17.3 Å². The Hall–Kier alpha value is -5.85. The van der Waals surface area contributed by atoms with Crippen LogP contribution in [0.15, 0.2) is 124 Å². The molecule has 11 heteroatoms. The molecule has 384 valence electrons. The number of aryl methyl sites for hydroxylation is 1. The summed E-state index contributed by atoms with van der Waals surface area (Å²) in [5.41, 5.74) is 5.48. The topological polar surface area (TPSA) is 162 Å². The van der Waals surface area contributed by atoms with E-state index < -0.39 is 47.9 Å². The van der Waals surface area contributed by atoms with E-state index in [0.29, 0.717) is 40.7 Å². The Morgan fingerprint density at radius 1 is 0.849 bits per heavy atom. The van der Waals surface area contributed by atoms with Gasteiger partial charge in [-0.15, -0.1) is 0 Å². The summed E-state index contributed by atoms with van der Waals surface area (Å²) in [4.78, 5) is 44.9. The van der Waals surface area contributed by atoms with Crippen LogP contribution in [0.5, 0.6) is 5.75 Å². The maximum Gasteiger partial charge on any atom is 0.340 e. The predicted molar refractivity (Wildman–Crippen MR) is 278 cm³/mol. The summed E-state index contributed by atoms with van der Waals surface area (Å²) in [6.45, 7) is 2.69. The molecule has 5 aromatic rings. The summed E-state index contributed by atoms with van der Waals surface area (Å²) in [5, 5.41) is 32.1. The Kier molecular flexibility index (Phi) is 15.0. The minimum atomic E-state index is -1.31. The number of methoxy groups -OCH3 is 1. The Labute approximate surface area is 428 Å². The molecule has 3 aliphatic heterocycles. The average molecular weight is 991 g/mol. The summed E-state index contributed by atoms with van der Waals surface area (Å²) in [7, 11) is 1.51. The molecule has 2 fully saturated rings. The van der Waals surface area contributed by atoms with Crippen molar-refractivity contribution in [2.75, 3.05) is 26.9 Å². The van der Waals surface area contributed by atoms with E-state index >= 15 is 9.59 Å². The Bertz CT molecular complexity index is 2920. The van der Waals surface area contributed by atoms with Crippen molar-refractivity contribution < 1.29 is 48.3 Å². The molecule has 0 saturated heterocycles. The Balaban J connectivity index is 1.11. The van der Waals surface area contributed by atoms with Gasteiger partial charge in [-0.3, -0.25) is 4.79 Å². The third-order valence-corrected chi connectivity index (χ3v) is 17.5. The van der Waals surface area contributed by atoms with Crippen molar-refractivity contribution in [3.05, 3.63) is 169 Å². The van der Waals surface area contributed by atoms with E-state index in [-0.39, 0.29) is 84.9 Å². The van der Waals surface area contributed by atoms with Gasteiger partial charge in [0.05, 0.1) is 25.4 Å². The number of rotatable bonds is 11. The molecule has 8 unspecified atom stereocenters. The molecule has 73 heavy (non-hydrogen) atoms. The minimum absolute atomic E-state index is 0.0257. The molecule has 11 nitrogen and oxygen atoms in total. The van der Waals surface area contributed by atoms with Crippen molar-refractivity contribution in [3.63, 3.8) is 0 Å². The van der Waals surface area contributed by atoms with Gasteiger partial charge in [0.25, 0.3) is 0 Å². The number of aliphatic hydroxyl groups is 3. The Morgan fingerprint density at radius 3 is 2.37 bits per heavy atom. The first-order valence-electron chi connectivity index (χ1n) is 26.6. The van der Waals surface area contributed by atoms with Gasteiger partial charge < -0.3 is 38.7 Å². The number of allylic oxidation sites excluding steroid dienone is 2. The van der Waals surface area contributed by atoms with E-state index in [0.717, 1.165) is 62.5 Å². The van der Waals surface area contributed by atoms with Gasteiger partial charge in [0.1, 0.15) is 16.9 Å². The highest BCUT2D eigenvalue weighted by Crippen LogP contribution is 2.59. The van der Waals surface area contributed by atoms with E-state index in [4.69, 9.17) is 23.4 Å². The molecule has 0 radical (unpaired) electrons. The zero-order valence-corrected chi connectivity index (χ0v) is 42.5. The third-order valence-electron chi connectivity index (χ3n) is 17.5. The monoisotopic (exact) mass is 990 g/mol. The Morgan fingerprint density at radius 2 is 1.63 bits per heavy atom. The number of fused-ring (bicyclic) bond motifs is 11. The summed E-state index contributed by atoms with van der Waals surface area (Å²) >= 11 is 0. The number of hydrogen-bond acceptors (Lipinski definition) is 11. The highest BCUT2D eigenvalue weighted by atomic mass is 16.6. The number of carbonyl (C=O) groups excluding carboxylic acids is 2.